The molecule has 0 amide bonds. The molecule has 100 valence electrons. The number of rotatable bonds is 4. The first kappa shape index (κ1) is 14.9. The number of carbonyl (C=O) groups excluding carboxylic acids is 1. The Hall–Kier alpha value is -1.17. The molecule has 0 fully saturated rings. The average Bonchev–Trinajstić information content (AvgIpc) is 2.27. The van der Waals surface area contributed by atoms with Crippen LogP contribution in [0.1, 0.15) is 33.0 Å². The van der Waals surface area contributed by atoms with Gasteiger partial charge < -0.3 is 10.1 Å². The summed E-state index contributed by atoms with van der Waals surface area (Å²) in [6.45, 7) is 6.63. The van der Waals surface area contributed by atoms with Gasteiger partial charge in [-0.3, -0.25) is 4.79 Å². The fraction of sp³-hybridized carbons (Fsp3) is 0.583. The fourth-order valence-corrected chi connectivity index (χ4v) is 1.62. The third kappa shape index (κ3) is 4.60. The highest BCUT2D eigenvalue weighted by atomic mass is 79.9. The first-order valence-electron chi connectivity index (χ1n) is 5.68. The van der Waals surface area contributed by atoms with E-state index in [9.17, 15) is 4.79 Å². The molecule has 0 saturated carbocycles. The lowest BCUT2D eigenvalue weighted by molar-refractivity contribution is -0.140. The minimum Gasteiger partial charge on any atom is -0.469 e. The van der Waals surface area contributed by atoms with Gasteiger partial charge in [0.15, 0.2) is 0 Å². The molecule has 0 atom stereocenters. The summed E-state index contributed by atoms with van der Waals surface area (Å²) in [6.07, 6.45) is 0.309. The highest BCUT2D eigenvalue weighted by Gasteiger charge is 2.18. The molecule has 0 radical (unpaired) electrons. The molecule has 1 N–H and O–H groups in total. The predicted molar refractivity (Wildman–Crippen MR) is 73.6 cm³/mol. The molecule has 1 aromatic rings. The van der Waals surface area contributed by atoms with Gasteiger partial charge in [-0.1, -0.05) is 20.8 Å². The van der Waals surface area contributed by atoms with E-state index in [2.05, 4.69) is 36.0 Å². The van der Waals surface area contributed by atoms with Gasteiger partial charge in [-0.05, 0) is 15.9 Å². The summed E-state index contributed by atoms with van der Waals surface area (Å²) in [6, 6.07) is 1.78. The Bertz CT molecular complexity index is 430. The zero-order chi connectivity index (χ0) is 13.8. The molecule has 0 aliphatic rings. The summed E-state index contributed by atoms with van der Waals surface area (Å²) in [5.41, 5.74) is -0.122. The molecule has 0 saturated heterocycles. The monoisotopic (exact) mass is 315 g/mol. The zero-order valence-corrected chi connectivity index (χ0v) is 12.7. The standard InChI is InChI=1S/C12H18BrN3O2/c1-12(2,3)11-15-8(13)7-9(16-11)14-6-5-10(17)18-4/h7H,5-6H2,1-4H3,(H,14,15,16). The topological polar surface area (TPSA) is 64.1 Å². The normalized spacial score (nSPS) is 11.2. The van der Waals surface area contributed by atoms with Crippen molar-refractivity contribution in [2.75, 3.05) is 19.0 Å². The van der Waals surface area contributed by atoms with Crippen LogP contribution in [0.3, 0.4) is 0 Å². The van der Waals surface area contributed by atoms with Gasteiger partial charge in [-0.25, -0.2) is 9.97 Å². The highest BCUT2D eigenvalue weighted by molar-refractivity contribution is 9.10. The van der Waals surface area contributed by atoms with Crippen molar-refractivity contribution in [2.24, 2.45) is 0 Å². The third-order valence-corrected chi connectivity index (χ3v) is 2.63. The Morgan fingerprint density at radius 3 is 2.67 bits per heavy atom. The number of aromatic nitrogens is 2. The number of anilines is 1. The average molecular weight is 316 g/mol. The lowest BCUT2D eigenvalue weighted by Gasteiger charge is -2.17. The number of nitrogens with zero attached hydrogens (tertiary/aromatic N) is 2. The number of hydrogen-bond acceptors (Lipinski definition) is 5. The van der Waals surface area contributed by atoms with E-state index in [4.69, 9.17) is 0 Å². The third-order valence-electron chi connectivity index (χ3n) is 2.23. The lowest BCUT2D eigenvalue weighted by Crippen LogP contribution is -2.18. The van der Waals surface area contributed by atoms with Crippen LogP contribution < -0.4 is 5.32 Å². The van der Waals surface area contributed by atoms with Gasteiger partial charge >= 0.3 is 5.97 Å². The van der Waals surface area contributed by atoms with E-state index >= 15 is 0 Å². The maximum absolute atomic E-state index is 11.0. The first-order valence-corrected chi connectivity index (χ1v) is 6.48. The van der Waals surface area contributed by atoms with Gasteiger partial charge in [0, 0.05) is 18.0 Å². The molecule has 5 nitrogen and oxygen atoms in total. The van der Waals surface area contributed by atoms with Crippen molar-refractivity contribution >= 4 is 27.7 Å². The number of halogens is 1. The molecular formula is C12H18BrN3O2. The van der Waals surface area contributed by atoms with Crippen molar-refractivity contribution in [1.82, 2.24) is 9.97 Å². The van der Waals surface area contributed by atoms with Crippen molar-refractivity contribution in [2.45, 2.75) is 32.6 Å². The van der Waals surface area contributed by atoms with Crippen LogP contribution >= 0.6 is 15.9 Å². The lowest BCUT2D eigenvalue weighted by atomic mass is 9.96. The van der Waals surface area contributed by atoms with Crippen LogP contribution in [0, 0.1) is 0 Å². The van der Waals surface area contributed by atoms with Crippen LogP contribution in [0.4, 0.5) is 5.82 Å². The van der Waals surface area contributed by atoms with E-state index in [1.165, 1.54) is 7.11 Å². The number of hydrogen-bond donors (Lipinski definition) is 1. The summed E-state index contributed by atoms with van der Waals surface area (Å²) in [7, 11) is 1.38. The largest absolute Gasteiger partial charge is 0.469 e. The highest BCUT2D eigenvalue weighted by Crippen LogP contribution is 2.22. The second-order valence-electron chi connectivity index (χ2n) is 4.90. The van der Waals surface area contributed by atoms with Crippen LogP contribution in [-0.2, 0) is 14.9 Å². The molecule has 0 bridgehead atoms. The molecule has 0 aliphatic heterocycles. The van der Waals surface area contributed by atoms with E-state index < -0.39 is 0 Å². The number of carbonyl (C=O) groups is 1. The Morgan fingerprint density at radius 2 is 2.11 bits per heavy atom. The number of nitrogens with one attached hydrogen (secondary N) is 1. The van der Waals surface area contributed by atoms with Crippen LogP contribution in [0.15, 0.2) is 10.7 Å². The van der Waals surface area contributed by atoms with E-state index in [0.717, 1.165) is 10.4 Å². The zero-order valence-electron chi connectivity index (χ0n) is 11.1. The Morgan fingerprint density at radius 1 is 1.44 bits per heavy atom. The van der Waals surface area contributed by atoms with Crippen molar-refractivity contribution in [3.63, 3.8) is 0 Å². The number of ether oxygens (including phenoxy) is 1. The smallest absolute Gasteiger partial charge is 0.307 e. The molecular weight excluding hydrogens is 298 g/mol. The van der Waals surface area contributed by atoms with E-state index in [1.807, 2.05) is 20.8 Å². The van der Waals surface area contributed by atoms with Gasteiger partial charge in [-0.2, -0.15) is 0 Å². The SMILES string of the molecule is COC(=O)CCNc1cc(Br)nc(C(C)(C)C)n1. The first-order chi connectivity index (χ1) is 8.32. The Balaban J connectivity index is 2.72. The summed E-state index contributed by atoms with van der Waals surface area (Å²) in [5, 5.41) is 3.08. The second-order valence-corrected chi connectivity index (χ2v) is 5.71. The minimum atomic E-state index is -0.244. The van der Waals surface area contributed by atoms with Crippen molar-refractivity contribution in [1.29, 1.82) is 0 Å². The summed E-state index contributed by atoms with van der Waals surface area (Å²) >= 11 is 3.36. The van der Waals surface area contributed by atoms with Crippen LogP contribution in [-0.4, -0.2) is 29.6 Å². The van der Waals surface area contributed by atoms with Gasteiger partial charge in [0.1, 0.15) is 16.2 Å². The van der Waals surface area contributed by atoms with Crippen molar-refractivity contribution in [3.05, 3.63) is 16.5 Å². The van der Waals surface area contributed by atoms with Crippen LogP contribution in [0.2, 0.25) is 0 Å². The minimum absolute atomic E-state index is 0.122. The Labute approximate surface area is 115 Å². The fourth-order valence-electron chi connectivity index (χ4n) is 1.24. The molecule has 0 spiro atoms. The molecule has 0 aliphatic carbocycles. The van der Waals surface area contributed by atoms with Gasteiger partial charge in [0.25, 0.3) is 0 Å². The molecule has 1 rings (SSSR count). The molecule has 0 unspecified atom stereocenters. The van der Waals surface area contributed by atoms with E-state index in [0.29, 0.717) is 18.8 Å². The van der Waals surface area contributed by atoms with Gasteiger partial charge in [0.2, 0.25) is 0 Å². The van der Waals surface area contributed by atoms with Crippen molar-refractivity contribution < 1.29 is 9.53 Å². The molecule has 1 aromatic heterocycles. The molecule has 1 heterocycles. The maximum atomic E-state index is 11.0. The quantitative estimate of drug-likeness (QED) is 0.683. The maximum Gasteiger partial charge on any atom is 0.307 e. The second kappa shape index (κ2) is 6.13. The predicted octanol–water partition coefficient (Wildman–Crippen LogP) is 2.51. The molecule has 0 aromatic carbocycles. The summed E-state index contributed by atoms with van der Waals surface area (Å²) in [5.74, 6) is 1.20. The summed E-state index contributed by atoms with van der Waals surface area (Å²) < 4.78 is 5.29. The molecule has 6 heteroatoms. The van der Waals surface area contributed by atoms with Crippen molar-refractivity contribution in [3.8, 4) is 0 Å². The van der Waals surface area contributed by atoms with Gasteiger partial charge in [-0.15, -0.1) is 0 Å². The van der Waals surface area contributed by atoms with Crippen LogP contribution in [0.25, 0.3) is 0 Å². The van der Waals surface area contributed by atoms with Crippen LogP contribution in [0.5, 0.6) is 0 Å². The Kier molecular flexibility index (Phi) is 5.07. The molecule has 18 heavy (non-hydrogen) atoms. The van der Waals surface area contributed by atoms with E-state index in [1.54, 1.807) is 6.07 Å². The van der Waals surface area contributed by atoms with E-state index in [-0.39, 0.29) is 11.4 Å². The number of esters is 1. The summed E-state index contributed by atoms with van der Waals surface area (Å²) in [4.78, 5) is 19.8. The van der Waals surface area contributed by atoms with Gasteiger partial charge in [0.05, 0.1) is 13.5 Å². The number of methoxy groups -OCH3 is 1.